The Bertz CT molecular complexity index is 4670. The Labute approximate surface area is 542 Å². The summed E-state index contributed by atoms with van der Waals surface area (Å²) in [6.45, 7) is 0. The molecular weight excluding hydrogens is 1140 g/mol. The van der Waals surface area contributed by atoms with Gasteiger partial charge in [0, 0.05) is 75.1 Å². The zero-order chi connectivity index (χ0) is 63.4. The highest BCUT2D eigenvalue weighted by molar-refractivity contribution is 5.79. The molecule has 450 valence electrons. The van der Waals surface area contributed by atoms with Gasteiger partial charge >= 0.3 is 0 Å². The number of benzene rings is 7. The first-order valence-electron chi connectivity index (χ1n) is 30.7. The highest BCUT2D eigenvalue weighted by atomic mass is 16.4. The third-order valence-electron chi connectivity index (χ3n) is 13.6. The van der Waals surface area contributed by atoms with E-state index in [1.807, 2.05) is 176 Å². The van der Waals surface area contributed by atoms with Crippen molar-refractivity contribution in [2.45, 2.75) is 64.2 Å². The number of nitrogens with zero attached hydrogens (tertiary/aromatic N) is 8. The van der Waals surface area contributed by atoms with Crippen molar-refractivity contribution >= 4 is 44.2 Å². The van der Waals surface area contributed by atoms with Gasteiger partial charge in [0.25, 0.3) is 5.89 Å². The molecule has 14 aromatic rings. The number of hydrogen-bond acceptors (Lipinski definition) is 11. The van der Waals surface area contributed by atoms with Crippen LogP contribution in [0, 0.1) is 59.2 Å². The molecule has 14 rings (SSSR count). The van der Waals surface area contributed by atoms with E-state index in [0.717, 1.165) is 112 Å². The number of para-hydroxylation sites is 7. The van der Waals surface area contributed by atoms with E-state index in [-0.39, 0.29) is 0 Å². The molecule has 7 heterocycles. The molecule has 0 saturated carbocycles. The van der Waals surface area contributed by atoms with Crippen LogP contribution in [0.1, 0.15) is 89.4 Å². The van der Waals surface area contributed by atoms with Crippen LogP contribution < -0.4 is 0 Å². The summed E-state index contributed by atoms with van der Waals surface area (Å²) >= 11 is 0. The van der Waals surface area contributed by atoms with Crippen LogP contribution in [0.25, 0.3) is 44.2 Å². The molecule has 0 aliphatic heterocycles. The first-order chi connectivity index (χ1) is 46.1. The van der Waals surface area contributed by atoms with E-state index in [4.69, 9.17) is 13.3 Å². The average molecular weight is 1210 g/mol. The minimum atomic E-state index is 0.495. The maximum Gasteiger partial charge on any atom is 0.274 e. The fourth-order valence-corrected chi connectivity index (χ4v) is 8.98. The summed E-state index contributed by atoms with van der Waals surface area (Å²) in [5.41, 5.74) is 12.5. The molecule has 0 N–H and O–H groups in total. The molecule has 0 aliphatic carbocycles. The van der Waals surface area contributed by atoms with E-state index < -0.39 is 0 Å². The second-order valence-electron chi connectivity index (χ2n) is 20.5. The van der Waals surface area contributed by atoms with Crippen molar-refractivity contribution < 1.29 is 13.3 Å². The van der Waals surface area contributed by atoms with Gasteiger partial charge < -0.3 is 13.3 Å². The maximum atomic E-state index is 5.63. The van der Waals surface area contributed by atoms with Crippen molar-refractivity contribution in [1.29, 1.82) is 0 Å². The van der Waals surface area contributed by atoms with Crippen molar-refractivity contribution in [3.8, 4) is 59.2 Å². The normalized spacial score (nSPS) is 9.94. The molecule has 11 nitrogen and oxygen atoms in total. The molecule has 0 unspecified atom stereocenters. The Morgan fingerprint density at radius 3 is 1.12 bits per heavy atom. The fraction of sp³-hybridized carbons (Fsp3) is 0.122. The lowest BCUT2D eigenvalue weighted by Crippen LogP contribution is -1.85. The van der Waals surface area contributed by atoms with Gasteiger partial charge in [-0.05, 0) is 144 Å². The van der Waals surface area contributed by atoms with E-state index in [1.54, 1.807) is 30.9 Å². The molecule has 7 aromatic heterocycles. The predicted molar refractivity (Wildman–Crippen MR) is 370 cm³/mol. The van der Waals surface area contributed by atoms with Crippen molar-refractivity contribution in [3.05, 3.63) is 325 Å². The van der Waals surface area contributed by atoms with Crippen molar-refractivity contribution in [2.24, 2.45) is 0 Å². The second-order valence-corrected chi connectivity index (χ2v) is 20.5. The van der Waals surface area contributed by atoms with Gasteiger partial charge in [-0.3, -0.25) is 0 Å². The second kappa shape index (κ2) is 36.1. The lowest BCUT2D eigenvalue weighted by molar-refractivity contribution is 0.531. The maximum absolute atomic E-state index is 5.63. The number of hydrogen-bond donors (Lipinski definition) is 0. The standard InChI is InChI=1S/C19H15N.C17H13NO.2C16H12N2O.C14H12N2/c1-2-8-16(9-3-1)10-4-6-12-18-15-14-17-11-5-7-13-19(17)20-18;1-2-8-14(9-3-1)10-4-7-13-17-18-15-11-5-6-12-16(15)19-17;2*1(7-13-8-5-6-12-17-13)4-11-16-18-14-9-2-3-10-15(14)19-16;1-2-7-13(8-3-1)9-4-5-10-14-15-11-6-12-16-14/h1-3,5,7-9,11,13-15H,4,10H2;1-3,5-6,8-9,11-12H,4,10H2;2*2-3,5-6,8-10,12H,4,11H2;1-3,6-8,11-12H,4,9H2. The highest BCUT2D eigenvalue weighted by Crippen LogP contribution is 2.18. The lowest BCUT2D eigenvalue weighted by Gasteiger charge is -1.97. The predicted octanol–water partition coefficient (Wildman–Crippen LogP) is 16.9. The average Bonchev–Trinajstić information content (AvgIpc) is 2.58. The largest absolute Gasteiger partial charge is 0.441 e. The van der Waals surface area contributed by atoms with E-state index in [1.165, 1.54) is 16.7 Å². The summed E-state index contributed by atoms with van der Waals surface area (Å²) in [4.78, 5) is 34.0. The summed E-state index contributed by atoms with van der Waals surface area (Å²) in [7, 11) is 0. The topological polar surface area (TPSA) is 143 Å². The number of fused-ring (bicyclic) bond motifs is 4. The van der Waals surface area contributed by atoms with Gasteiger partial charge in [-0.1, -0.05) is 193 Å². The number of oxazole rings is 3. The van der Waals surface area contributed by atoms with E-state index >= 15 is 0 Å². The Morgan fingerprint density at radius 2 is 0.645 bits per heavy atom. The summed E-state index contributed by atoms with van der Waals surface area (Å²) in [5, 5.41) is 1.15. The van der Waals surface area contributed by atoms with Gasteiger partial charge in [0.15, 0.2) is 28.5 Å². The van der Waals surface area contributed by atoms with Crippen LogP contribution in [0.2, 0.25) is 0 Å². The van der Waals surface area contributed by atoms with Crippen LogP contribution in [0.3, 0.4) is 0 Å². The summed E-state index contributed by atoms with van der Waals surface area (Å²) < 4.78 is 16.8. The molecule has 93 heavy (non-hydrogen) atoms. The summed E-state index contributed by atoms with van der Waals surface area (Å²) in [6.07, 6.45) is 15.2. The van der Waals surface area contributed by atoms with Crippen LogP contribution in [-0.2, 0) is 32.1 Å². The van der Waals surface area contributed by atoms with Gasteiger partial charge in [-0.2, -0.15) is 0 Å². The fourth-order valence-electron chi connectivity index (χ4n) is 8.98. The van der Waals surface area contributed by atoms with E-state index in [0.29, 0.717) is 37.4 Å². The molecule has 0 fully saturated rings. The van der Waals surface area contributed by atoms with Crippen molar-refractivity contribution in [3.63, 3.8) is 0 Å². The molecule has 0 amide bonds. The van der Waals surface area contributed by atoms with Crippen molar-refractivity contribution in [2.75, 3.05) is 0 Å². The third kappa shape index (κ3) is 22.0. The lowest BCUT2D eigenvalue weighted by atomic mass is 10.1. The van der Waals surface area contributed by atoms with E-state index in [9.17, 15) is 0 Å². The molecule has 0 bridgehead atoms. The molecule has 0 aliphatic rings. The quantitative estimate of drug-likeness (QED) is 0.121. The SMILES string of the molecule is C(#Cc1ccc2ccccc2n1)CCc1ccccc1.C(#Cc1ccccn1)CCc1nc2ccccc2o1.C(#Cc1ccccn1)CCc1nc2ccccc2o1.C(#Cc1nc2ccccc2o1)CCc1ccccc1.C(#Cc1ncccn1)CCc1ccccc1. The first-order valence-corrected chi connectivity index (χ1v) is 30.7. The smallest absolute Gasteiger partial charge is 0.274 e. The number of pyridine rings is 3. The Kier molecular flexibility index (Phi) is 24.7. The minimum Gasteiger partial charge on any atom is -0.441 e. The Balaban J connectivity index is 0.000000127. The zero-order valence-electron chi connectivity index (χ0n) is 51.3. The molecule has 0 saturated heterocycles. The van der Waals surface area contributed by atoms with Gasteiger partial charge in [-0.15, -0.1) is 0 Å². The van der Waals surface area contributed by atoms with Crippen molar-refractivity contribution in [1.82, 2.24) is 39.9 Å². The third-order valence-corrected chi connectivity index (χ3v) is 13.6. The van der Waals surface area contributed by atoms with Crippen LogP contribution in [0.4, 0.5) is 0 Å². The first kappa shape index (κ1) is 63.6. The molecule has 0 radical (unpaired) electrons. The van der Waals surface area contributed by atoms with E-state index in [2.05, 4.69) is 160 Å². The van der Waals surface area contributed by atoms with Crippen LogP contribution in [0.5, 0.6) is 0 Å². The number of rotatable bonds is 10. The van der Waals surface area contributed by atoms with Crippen LogP contribution >= 0.6 is 0 Å². The van der Waals surface area contributed by atoms with Gasteiger partial charge in [0.1, 0.15) is 33.6 Å². The summed E-state index contributed by atoms with van der Waals surface area (Å²) in [5.74, 6) is 33.2. The molecule has 0 atom stereocenters. The highest BCUT2D eigenvalue weighted by Gasteiger charge is 2.06. The molecule has 11 heteroatoms. The van der Waals surface area contributed by atoms with Crippen LogP contribution in [0.15, 0.2) is 281 Å². The van der Waals surface area contributed by atoms with Gasteiger partial charge in [-0.25, -0.2) is 39.9 Å². The minimum absolute atomic E-state index is 0.495. The van der Waals surface area contributed by atoms with Crippen LogP contribution in [-0.4, -0.2) is 39.9 Å². The van der Waals surface area contributed by atoms with Gasteiger partial charge in [0.05, 0.1) is 5.52 Å². The Hall–Kier alpha value is -12.5. The molecular formula is C82H64N8O3. The molecule has 0 spiro atoms. The number of aromatic nitrogens is 8. The Morgan fingerprint density at radius 1 is 0.258 bits per heavy atom. The zero-order valence-corrected chi connectivity index (χ0v) is 51.3. The number of aryl methyl sites for hydroxylation is 5. The summed E-state index contributed by atoms with van der Waals surface area (Å²) in [6, 6.07) is 79.7. The monoisotopic (exact) mass is 1210 g/mol. The molecule has 7 aromatic carbocycles. The van der Waals surface area contributed by atoms with Gasteiger partial charge in [0.2, 0.25) is 5.82 Å².